The van der Waals surface area contributed by atoms with Gasteiger partial charge in [-0.15, -0.1) is 11.3 Å². The van der Waals surface area contributed by atoms with Crippen LogP contribution in [0.1, 0.15) is 16.6 Å². The number of thiophene rings is 1. The Morgan fingerprint density at radius 3 is 3.00 bits per heavy atom. The summed E-state index contributed by atoms with van der Waals surface area (Å²) in [7, 11) is 0. The molecule has 1 aromatic rings. The van der Waals surface area contributed by atoms with E-state index in [1.54, 1.807) is 12.1 Å². The second-order valence-corrected chi connectivity index (χ2v) is 3.94. The number of hydrogen-bond donors (Lipinski definition) is 0. The van der Waals surface area contributed by atoms with Gasteiger partial charge < -0.3 is 4.74 Å². The van der Waals surface area contributed by atoms with E-state index in [0.717, 1.165) is 0 Å². The number of rotatable bonds is 4. The highest BCUT2D eigenvalue weighted by Crippen LogP contribution is 2.21. The van der Waals surface area contributed by atoms with E-state index in [4.69, 9.17) is 16.3 Å². The maximum atomic E-state index is 11.3. The second-order valence-electron chi connectivity index (χ2n) is 2.23. The second kappa shape index (κ2) is 5.04. The van der Waals surface area contributed by atoms with Crippen LogP contribution in [-0.2, 0) is 4.74 Å². The van der Waals surface area contributed by atoms with Crippen molar-refractivity contribution < 1.29 is 9.53 Å². The Bertz CT molecular complexity index is 317. The molecule has 1 heterocycles. The molecule has 0 fully saturated rings. The summed E-state index contributed by atoms with van der Waals surface area (Å²) in [6, 6.07) is 3.40. The predicted molar refractivity (Wildman–Crippen MR) is 54.4 cm³/mol. The van der Waals surface area contributed by atoms with E-state index in [1.165, 1.54) is 23.7 Å². The third-order valence-corrected chi connectivity index (χ3v) is 2.54. The lowest BCUT2D eigenvalue weighted by molar-refractivity contribution is 0.104. The minimum atomic E-state index is -0.0784. The molecule has 13 heavy (non-hydrogen) atoms. The minimum Gasteiger partial charge on any atom is -0.501 e. The van der Waals surface area contributed by atoms with Gasteiger partial charge in [-0.3, -0.25) is 4.79 Å². The van der Waals surface area contributed by atoms with Crippen LogP contribution >= 0.6 is 22.9 Å². The van der Waals surface area contributed by atoms with Crippen molar-refractivity contribution in [2.24, 2.45) is 0 Å². The fourth-order valence-electron chi connectivity index (χ4n) is 0.735. The Hall–Kier alpha value is -0.800. The molecule has 0 saturated heterocycles. The molecule has 1 rings (SSSR count). The van der Waals surface area contributed by atoms with E-state index in [-0.39, 0.29) is 5.78 Å². The smallest absolute Gasteiger partial charge is 0.198 e. The summed E-state index contributed by atoms with van der Waals surface area (Å²) in [5, 5.41) is 0. The van der Waals surface area contributed by atoms with Crippen LogP contribution in [0.3, 0.4) is 0 Å². The molecular formula is C9H9ClO2S. The van der Waals surface area contributed by atoms with E-state index in [9.17, 15) is 4.79 Å². The first-order valence-corrected chi connectivity index (χ1v) is 5.01. The number of hydrogen-bond acceptors (Lipinski definition) is 3. The first-order chi connectivity index (χ1) is 6.24. The van der Waals surface area contributed by atoms with Crippen LogP contribution in [-0.4, -0.2) is 12.4 Å². The monoisotopic (exact) mass is 216 g/mol. The van der Waals surface area contributed by atoms with E-state index < -0.39 is 0 Å². The molecule has 0 unspecified atom stereocenters. The summed E-state index contributed by atoms with van der Waals surface area (Å²) >= 11 is 6.94. The van der Waals surface area contributed by atoms with Crippen LogP contribution in [0.5, 0.6) is 0 Å². The molecule has 0 aromatic carbocycles. The van der Waals surface area contributed by atoms with Gasteiger partial charge in [-0.25, -0.2) is 0 Å². The van der Waals surface area contributed by atoms with Crippen molar-refractivity contribution in [1.82, 2.24) is 0 Å². The van der Waals surface area contributed by atoms with Gasteiger partial charge in [0.2, 0.25) is 0 Å². The molecule has 1 aromatic heterocycles. The molecule has 0 atom stereocenters. The quantitative estimate of drug-likeness (QED) is 0.439. The average molecular weight is 217 g/mol. The van der Waals surface area contributed by atoms with Crippen LogP contribution in [0.15, 0.2) is 24.5 Å². The van der Waals surface area contributed by atoms with E-state index >= 15 is 0 Å². The normalized spacial score (nSPS) is 10.6. The molecule has 0 N–H and O–H groups in total. The number of ether oxygens (including phenoxy) is 1. The summed E-state index contributed by atoms with van der Waals surface area (Å²) in [4.78, 5) is 11.9. The Morgan fingerprint density at radius 2 is 2.46 bits per heavy atom. The average Bonchev–Trinajstić information content (AvgIpc) is 2.52. The third kappa shape index (κ3) is 3.20. The fraction of sp³-hybridized carbons (Fsp3) is 0.222. The minimum absolute atomic E-state index is 0.0784. The van der Waals surface area contributed by atoms with Gasteiger partial charge in [0.25, 0.3) is 0 Å². The zero-order valence-corrected chi connectivity index (χ0v) is 8.69. The standard InChI is InChI=1S/C9H9ClO2S/c1-2-12-6-5-7(11)8-3-4-9(10)13-8/h3-6H,2H2,1H3. The molecule has 0 amide bonds. The fourth-order valence-corrected chi connectivity index (χ4v) is 1.70. The lowest BCUT2D eigenvalue weighted by Crippen LogP contribution is -1.89. The Labute approximate surface area is 85.8 Å². The molecule has 0 radical (unpaired) electrons. The van der Waals surface area contributed by atoms with Crippen LogP contribution in [0.2, 0.25) is 4.34 Å². The zero-order chi connectivity index (χ0) is 9.68. The van der Waals surface area contributed by atoms with Gasteiger partial charge >= 0.3 is 0 Å². The number of halogens is 1. The van der Waals surface area contributed by atoms with Gasteiger partial charge in [-0.2, -0.15) is 0 Å². The van der Waals surface area contributed by atoms with Crippen molar-refractivity contribution in [2.45, 2.75) is 6.92 Å². The molecule has 70 valence electrons. The van der Waals surface area contributed by atoms with Gasteiger partial charge in [0.05, 0.1) is 22.1 Å². The van der Waals surface area contributed by atoms with Crippen LogP contribution in [0.25, 0.3) is 0 Å². The maximum Gasteiger partial charge on any atom is 0.198 e. The summed E-state index contributed by atoms with van der Waals surface area (Å²) in [5.74, 6) is -0.0784. The molecule has 0 bridgehead atoms. The van der Waals surface area contributed by atoms with Crippen molar-refractivity contribution in [1.29, 1.82) is 0 Å². The summed E-state index contributed by atoms with van der Waals surface area (Å²) in [6.07, 6.45) is 2.79. The van der Waals surface area contributed by atoms with Gasteiger partial charge in [0.1, 0.15) is 0 Å². The zero-order valence-electron chi connectivity index (χ0n) is 7.12. The van der Waals surface area contributed by atoms with E-state index in [2.05, 4.69) is 0 Å². The highest BCUT2D eigenvalue weighted by Gasteiger charge is 2.04. The van der Waals surface area contributed by atoms with Crippen LogP contribution in [0.4, 0.5) is 0 Å². The van der Waals surface area contributed by atoms with Crippen molar-refractivity contribution in [3.63, 3.8) is 0 Å². The first-order valence-electron chi connectivity index (χ1n) is 3.82. The predicted octanol–water partition coefficient (Wildman–Crippen LogP) is 3.13. The van der Waals surface area contributed by atoms with Crippen LogP contribution in [0, 0.1) is 0 Å². The topological polar surface area (TPSA) is 26.3 Å². The maximum absolute atomic E-state index is 11.3. The molecule has 0 aliphatic heterocycles. The lowest BCUT2D eigenvalue weighted by atomic mass is 10.3. The molecule has 0 aliphatic rings. The Kier molecular flexibility index (Phi) is 3.99. The number of allylic oxidation sites excluding steroid dienone is 1. The van der Waals surface area contributed by atoms with Crippen molar-refractivity contribution in [3.8, 4) is 0 Å². The highest BCUT2D eigenvalue weighted by atomic mass is 35.5. The number of carbonyl (C=O) groups is 1. The Balaban J connectivity index is 2.58. The first kappa shape index (κ1) is 10.3. The van der Waals surface area contributed by atoms with Gasteiger partial charge in [0, 0.05) is 6.08 Å². The van der Waals surface area contributed by atoms with Crippen molar-refractivity contribution in [2.75, 3.05) is 6.61 Å². The summed E-state index contributed by atoms with van der Waals surface area (Å²) < 4.78 is 5.52. The van der Waals surface area contributed by atoms with Gasteiger partial charge in [0.15, 0.2) is 5.78 Å². The molecule has 4 heteroatoms. The third-order valence-electron chi connectivity index (χ3n) is 1.30. The molecule has 0 saturated carbocycles. The molecule has 0 aliphatic carbocycles. The number of ketones is 1. The summed E-state index contributed by atoms with van der Waals surface area (Å²) in [5.41, 5.74) is 0. The molecule has 0 spiro atoms. The Morgan fingerprint density at radius 1 is 1.69 bits per heavy atom. The van der Waals surface area contributed by atoms with Gasteiger partial charge in [-0.05, 0) is 19.1 Å². The SMILES string of the molecule is CCOC=CC(=O)c1ccc(Cl)s1. The molecule has 2 nitrogen and oxygen atoms in total. The molecular weight excluding hydrogens is 208 g/mol. The van der Waals surface area contributed by atoms with Crippen LogP contribution < -0.4 is 0 Å². The van der Waals surface area contributed by atoms with Gasteiger partial charge in [-0.1, -0.05) is 11.6 Å². The van der Waals surface area contributed by atoms with E-state index in [1.807, 2.05) is 6.92 Å². The van der Waals surface area contributed by atoms with E-state index in [0.29, 0.717) is 15.8 Å². The lowest BCUT2D eigenvalue weighted by Gasteiger charge is -1.91. The summed E-state index contributed by atoms with van der Waals surface area (Å²) in [6.45, 7) is 2.42. The van der Waals surface area contributed by atoms with Crippen molar-refractivity contribution in [3.05, 3.63) is 33.7 Å². The largest absolute Gasteiger partial charge is 0.501 e. The highest BCUT2D eigenvalue weighted by molar-refractivity contribution is 7.18. The van der Waals surface area contributed by atoms with Crippen molar-refractivity contribution >= 4 is 28.7 Å². The number of carbonyl (C=O) groups excluding carboxylic acids is 1.